The predicted octanol–water partition coefficient (Wildman–Crippen LogP) is 4.08. The Balaban J connectivity index is 2.32. The van der Waals surface area contributed by atoms with E-state index in [0.717, 1.165) is 6.61 Å². The molecule has 1 unspecified atom stereocenters. The number of benzene rings is 1. The molecule has 17 heavy (non-hydrogen) atoms. The van der Waals surface area contributed by atoms with Crippen LogP contribution in [0.15, 0.2) is 30.3 Å². The van der Waals surface area contributed by atoms with Crippen molar-refractivity contribution in [1.29, 1.82) is 0 Å². The summed E-state index contributed by atoms with van der Waals surface area (Å²) in [5.41, 5.74) is 1.19. The molecule has 0 saturated carbocycles. The highest BCUT2D eigenvalue weighted by atomic mass is 16.5. The first-order valence-electron chi connectivity index (χ1n) is 6.67. The maximum Gasteiger partial charge on any atom is 0.0664 e. The molecule has 0 radical (unpaired) electrons. The van der Waals surface area contributed by atoms with Crippen molar-refractivity contribution in [3.8, 4) is 0 Å². The summed E-state index contributed by atoms with van der Waals surface area (Å²) in [6, 6.07) is 10.8. The highest BCUT2D eigenvalue weighted by Crippen LogP contribution is 2.12. The Labute approximate surface area is 105 Å². The highest BCUT2D eigenvalue weighted by Gasteiger charge is 2.07. The van der Waals surface area contributed by atoms with Gasteiger partial charge in [0.2, 0.25) is 0 Å². The molecule has 1 aromatic carbocycles. The Morgan fingerprint density at radius 3 is 2.53 bits per heavy atom. The summed E-state index contributed by atoms with van der Waals surface area (Å²) >= 11 is 0. The van der Waals surface area contributed by atoms with Crippen LogP contribution < -0.4 is 5.32 Å². The molecule has 0 aliphatic heterocycles. The largest absolute Gasteiger partial charge is 0.383 e. The maximum atomic E-state index is 5.27. The average Bonchev–Trinajstić information content (AvgIpc) is 2.36. The molecule has 0 bridgehead atoms. The van der Waals surface area contributed by atoms with E-state index in [-0.39, 0.29) is 0 Å². The van der Waals surface area contributed by atoms with Crippen LogP contribution in [0.5, 0.6) is 0 Å². The molecule has 1 rings (SSSR count). The molecule has 0 heterocycles. The zero-order valence-electron chi connectivity index (χ0n) is 11.1. The molecule has 0 fully saturated rings. The number of ether oxygens (including phenoxy) is 1. The van der Waals surface area contributed by atoms with E-state index in [9.17, 15) is 0 Å². The summed E-state index contributed by atoms with van der Waals surface area (Å²) in [4.78, 5) is 0. The predicted molar refractivity (Wildman–Crippen MR) is 74.5 cm³/mol. The molecule has 0 aromatic heterocycles. The van der Waals surface area contributed by atoms with E-state index < -0.39 is 0 Å². The highest BCUT2D eigenvalue weighted by molar-refractivity contribution is 5.43. The second-order valence-corrected chi connectivity index (χ2v) is 4.51. The van der Waals surface area contributed by atoms with Crippen molar-refractivity contribution in [2.24, 2.45) is 0 Å². The van der Waals surface area contributed by atoms with Gasteiger partial charge in [0.1, 0.15) is 0 Å². The molecule has 0 saturated heterocycles. The number of hydrogen-bond donors (Lipinski definition) is 1. The minimum Gasteiger partial charge on any atom is -0.383 e. The first-order chi connectivity index (χ1) is 8.36. The molecule has 1 atom stereocenters. The lowest BCUT2D eigenvalue weighted by molar-refractivity contribution is 0.181. The first-order valence-corrected chi connectivity index (χ1v) is 6.67. The fourth-order valence-corrected chi connectivity index (χ4v) is 1.99. The van der Waals surface area contributed by atoms with E-state index in [1.54, 1.807) is 7.11 Å². The third-order valence-electron chi connectivity index (χ3n) is 2.92. The van der Waals surface area contributed by atoms with E-state index in [4.69, 9.17) is 4.74 Å². The Kier molecular flexibility index (Phi) is 7.48. The summed E-state index contributed by atoms with van der Waals surface area (Å²) in [5, 5.41) is 3.53. The molecule has 1 aromatic rings. The van der Waals surface area contributed by atoms with Crippen LogP contribution in [0, 0.1) is 0 Å². The zero-order chi connectivity index (χ0) is 12.3. The van der Waals surface area contributed by atoms with Crippen LogP contribution in [0.1, 0.15) is 39.0 Å². The Hall–Kier alpha value is -1.02. The number of anilines is 1. The van der Waals surface area contributed by atoms with E-state index in [1.165, 1.54) is 37.8 Å². The molecule has 0 aliphatic carbocycles. The topological polar surface area (TPSA) is 21.3 Å². The van der Waals surface area contributed by atoms with Crippen molar-refractivity contribution in [3.05, 3.63) is 30.3 Å². The molecule has 2 heteroatoms. The molecule has 2 nitrogen and oxygen atoms in total. The lowest BCUT2D eigenvalue weighted by Gasteiger charge is -2.19. The summed E-state index contributed by atoms with van der Waals surface area (Å²) < 4.78 is 5.27. The lowest BCUT2D eigenvalue weighted by Crippen LogP contribution is -2.24. The normalized spacial score (nSPS) is 12.4. The van der Waals surface area contributed by atoms with Crippen molar-refractivity contribution < 1.29 is 4.74 Å². The Morgan fingerprint density at radius 1 is 1.12 bits per heavy atom. The average molecular weight is 235 g/mol. The quantitative estimate of drug-likeness (QED) is 0.651. The third kappa shape index (κ3) is 6.32. The van der Waals surface area contributed by atoms with E-state index in [2.05, 4.69) is 36.5 Å². The van der Waals surface area contributed by atoms with Crippen molar-refractivity contribution in [2.75, 3.05) is 19.0 Å². The molecule has 1 N–H and O–H groups in total. The second-order valence-electron chi connectivity index (χ2n) is 4.51. The van der Waals surface area contributed by atoms with E-state index >= 15 is 0 Å². The molecular weight excluding hydrogens is 210 g/mol. The van der Waals surface area contributed by atoms with Gasteiger partial charge in [0.05, 0.1) is 6.61 Å². The first kappa shape index (κ1) is 14.0. The van der Waals surface area contributed by atoms with Crippen molar-refractivity contribution in [1.82, 2.24) is 0 Å². The fraction of sp³-hybridized carbons (Fsp3) is 0.600. The van der Waals surface area contributed by atoms with Gasteiger partial charge in [0.25, 0.3) is 0 Å². The molecule has 0 aliphatic rings. The summed E-state index contributed by atoms with van der Waals surface area (Å²) in [7, 11) is 1.77. The molecule has 96 valence electrons. The summed E-state index contributed by atoms with van der Waals surface area (Å²) in [6.45, 7) is 3.02. The van der Waals surface area contributed by atoms with Gasteiger partial charge >= 0.3 is 0 Å². The second kappa shape index (κ2) is 9.06. The molecule has 0 spiro atoms. The number of unbranched alkanes of at least 4 members (excludes halogenated alkanes) is 3. The number of nitrogens with one attached hydrogen (secondary N) is 1. The lowest BCUT2D eigenvalue weighted by atomic mass is 10.1. The van der Waals surface area contributed by atoms with Gasteiger partial charge < -0.3 is 10.1 Å². The number of rotatable bonds is 9. The third-order valence-corrected chi connectivity index (χ3v) is 2.92. The zero-order valence-corrected chi connectivity index (χ0v) is 11.1. The van der Waals surface area contributed by atoms with Crippen LogP contribution in [-0.2, 0) is 4.74 Å². The van der Waals surface area contributed by atoms with Gasteiger partial charge in [-0.1, -0.05) is 50.8 Å². The van der Waals surface area contributed by atoms with Crippen LogP contribution in [0.3, 0.4) is 0 Å². The van der Waals surface area contributed by atoms with Gasteiger partial charge in [0.15, 0.2) is 0 Å². The van der Waals surface area contributed by atoms with Gasteiger partial charge in [-0.05, 0) is 18.6 Å². The van der Waals surface area contributed by atoms with Gasteiger partial charge in [0, 0.05) is 18.8 Å². The summed E-state index contributed by atoms with van der Waals surface area (Å²) in [6.07, 6.45) is 6.42. The SMILES string of the molecule is CCCCCCC(COC)Nc1ccccc1. The number of hydrogen-bond acceptors (Lipinski definition) is 2. The van der Waals surface area contributed by atoms with Crippen LogP contribution in [0.25, 0.3) is 0 Å². The van der Waals surface area contributed by atoms with Gasteiger partial charge in [-0.2, -0.15) is 0 Å². The minimum atomic E-state index is 0.430. The van der Waals surface area contributed by atoms with Gasteiger partial charge in [-0.15, -0.1) is 0 Å². The number of para-hydroxylation sites is 1. The summed E-state index contributed by atoms with van der Waals surface area (Å²) in [5.74, 6) is 0. The van der Waals surface area contributed by atoms with Crippen LogP contribution in [0.4, 0.5) is 5.69 Å². The maximum absolute atomic E-state index is 5.27. The fourth-order valence-electron chi connectivity index (χ4n) is 1.99. The smallest absolute Gasteiger partial charge is 0.0664 e. The van der Waals surface area contributed by atoms with Gasteiger partial charge in [-0.3, -0.25) is 0 Å². The minimum absolute atomic E-state index is 0.430. The standard InChI is InChI=1S/C15H25NO/c1-3-4-5-7-12-15(13-17-2)16-14-10-8-6-9-11-14/h6,8-11,15-16H,3-5,7,12-13H2,1-2H3. The van der Waals surface area contributed by atoms with E-state index in [1.807, 2.05) is 6.07 Å². The van der Waals surface area contributed by atoms with Crippen LogP contribution in [-0.4, -0.2) is 19.8 Å². The van der Waals surface area contributed by atoms with Crippen molar-refractivity contribution in [2.45, 2.75) is 45.1 Å². The van der Waals surface area contributed by atoms with Crippen molar-refractivity contribution >= 4 is 5.69 Å². The van der Waals surface area contributed by atoms with Gasteiger partial charge in [-0.25, -0.2) is 0 Å². The van der Waals surface area contributed by atoms with Crippen molar-refractivity contribution in [3.63, 3.8) is 0 Å². The monoisotopic (exact) mass is 235 g/mol. The molecular formula is C15H25NO. The van der Waals surface area contributed by atoms with E-state index in [0.29, 0.717) is 6.04 Å². The Morgan fingerprint density at radius 2 is 1.88 bits per heavy atom. The number of methoxy groups -OCH3 is 1. The van der Waals surface area contributed by atoms with Crippen LogP contribution in [0.2, 0.25) is 0 Å². The van der Waals surface area contributed by atoms with Crippen LogP contribution >= 0.6 is 0 Å². The Bertz CT molecular complexity index is 274. The molecule has 0 amide bonds.